The lowest BCUT2D eigenvalue weighted by molar-refractivity contribution is -0.260. The Labute approximate surface area is 120 Å². The van der Waals surface area contributed by atoms with E-state index in [-0.39, 0.29) is 35.5 Å². The van der Waals surface area contributed by atoms with Crippen molar-refractivity contribution in [2.45, 2.75) is 62.7 Å². The fourth-order valence-corrected chi connectivity index (χ4v) is 6.29. The number of nitrogens with zero attached hydrogens (tertiary/aromatic N) is 1. The first-order valence-corrected chi connectivity index (χ1v) is 8.19. The summed E-state index contributed by atoms with van der Waals surface area (Å²) in [5.74, 6) is 0.647. The summed E-state index contributed by atoms with van der Waals surface area (Å²) in [7, 11) is 0. The van der Waals surface area contributed by atoms with Gasteiger partial charge in [0.15, 0.2) is 0 Å². The van der Waals surface area contributed by atoms with Crippen molar-refractivity contribution in [2.75, 3.05) is 13.1 Å². The molecule has 1 spiro atoms. The molecular weight excluding hydrogens is 254 g/mol. The van der Waals surface area contributed by atoms with E-state index in [0.29, 0.717) is 6.42 Å². The average molecular weight is 279 g/mol. The molecule has 112 valence electrons. The highest BCUT2D eigenvalue weighted by Gasteiger charge is 2.70. The van der Waals surface area contributed by atoms with Crippen LogP contribution in [0.3, 0.4) is 0 Å². The zero-order valence-electron chi connectivity index (χ0n) is 12.2. The predicted molar refractivity (Wildman–Crippen MR) is 74.1 cm³/mol. The largest absolute Gasteiger partial charge is 0.390 e. The molecule has 0 aromatic carbocycles. The second kappa shape index (κ2) is 4.05. The minimum atomic E-state index is -1.17. The number of aliphatic hydroxyl groups excluding tert-OH is 1. The fraction of sp³-hybridized carbons (Fsp3) is 0.938. The Balaban J connectivity index is 1.91. The van der Waals surface area contributed by atoms with Gasteiger partial charge in [-0.25, -0.2) is 0 Å². The van der Waals surface area contributed by atoms with Crippen molar-refractivity contribution >= 4 is 5.78 Å². The van der Waals surface area contributed by atoms with E-state index < -0.39 is 11.7 Å². The van der Waals surface area contributed by atoms with Gasteiger partial charge in [-0.05, 0) is 51.1 Å². The summed E-state index contributed by atoms with van der Waals surface area (Å²) in [6.07, 6.45) is 4.17. The summed E-state index contributed by atoms with van der Waals surface area (Å²) in [5, 5.41) is 21.6. The maximum absolute atomic E-state index is 12.7. The highest BCUT2D eigenvalue weighted by molar-refractivity contribution is 5.85. The highest BCUT2D eigenvalue weighted by Crippen LogP contribution is 2.61. The zero-order chi connectivity index (χ0) is 14.1. The number of carbonyl (C=O) groups excluding carboxylic acids is 1. The van der Waals surface area contributed by atoms with E-state index in [1.165, 1.54) is 0 Å². The van der Waals surface area contributed by atoms with Crippen molar-refractivity contribution in [3.8, 4) is 0 Å². The molecule has 2 bridgehead atoms. The van der Waals surface area contributed by atoms with Crippen LogP contribution in [-0.4, -0.2) is 51.2 Å². The van der Waals surface area contributed by atoms with E-state index in [9.17, 15) is 15.0 Å². The Kier molecular flexibility index (Phi) is 2.68. The number of piperidine rings is 2. The molecule has 2 aliphatic carbocycles. The lowest BCUT2D eigenvalue weighted by atomic mass is 9.45. The fourth-order valence-electron chi connectivity index (χ4n) is 6.29. The van der Waals surface area contributed by atoms with Gasteiger partial charge in [0.05, 0.1) is 6.10 Å². The molecule has 2 N–H and O–H groups in total. The predicted octanol–water partition coefficient (Wildman–Crippen LogP) is 0.952. The maximum atomic E-state index is 12.7. The number of carbonyl (C=O) groups is 1. The second-order valence-electron chi connectivity index (χ2n) is 7.55. The molecule has 4 aliphatic rings. The van der Waals surface area contributed by atoms with Crippen LogP contribution in [0.15, 0.2) is 0 Å². The van der Waals surface area contributed by atoms with Gasteiger partial charge in [0, 0.05) is 23.8 Å². The van der Waals surface area contributed by atoms with Crippen LogP contribution in [0.2, 0.25) is 0 Å². The molecule has 2 heterocycles. The third-order valence-corrected chi connectivity index (χ3v) is 6.90. The quantitative estimate of drug-likeness (QED) is 0.693. The molecule has 4 nitrogen and oxygen atoms in total. The number of Topliss-reactive ketones (excluding diaryl/α,β-unsaturated/α-hetero) is 1. The van der Waals surface area contributed by atoms with Crippen LogP contribution in [0.25, 0.3) is 0 Å². The van der Waals surface area contributed by atoms with E-state index in [4.69, 9.17) is 0 Å². The van der Waals surface area contributed by atoms with Crippen LogP contribution in [0, 0.1) is 17.8 Å². The standard InChI is InChI=1S/C16H25NO3/c1-10-8-14(19)15(20)9-12(18)11-4-2-6-17-7-3-5-13(15)16(10,11)17/h10-11,13-14,19-20H,2-9H2,1H3/t10?,11-,13-,14-,15-,16?/m1/s1. The Morgan fingerprint density at radius 1 is 1.25 bits per heavy atom. The average Bonchev–Trinajstić information content (AvgIpc) is 2.42. The molecule has 4 fully saturated rings. The summed E-state index contributed by atoms with van der Waals surface area (Å²) in [5.41, 5.74) is -1.34. The van der Waals surface area contributed by atoms with Gasteiger partial charge < -0.3 is 10.2 Å². The third-order valence-electron chi connectivity index (χ3n) is 6.90. The highest BCUT2D eigenvalue weighted by atomic mass is 16.3. The molecule has 4 heteroatoms. The Morgan fingerprint density at radius 2 is 1.95 bits per heavy atom. The van der Waals surface area contributed by atoms with Gasteiger partial charge in [0.2, 0.25) is 0 Å². The van der Waals surface area contributed by atoms with Gasteiger partial charge in [0.25, 0.3) is 0 Å². The number of hydrogen-bond donors (Lipinski definition) is 2. The van der Waals surface area contributed by atoms with Crippen molar-refractivity contribution < 1.29 is 15.0 Å². The van der Waals surface area contributed by atoms with Crippen LogP contribution in [0.5, 0.6) is 0 Å². The summed E-state index contributed by atoms with van der Waals surface area (Å²) >= 11 is 0. The minimum absolute atomic E-state index is 0.0745. The molecule has 20 heavy (non-hydrogen) atoms. The van der Waals surface area contributed by atoms with Crippen LogP contribution in [-0.2, 0) is 4.79 Å². The van der Waals surface area contributed by atoms with Crippen molar-refractivity contribution in [1.82, 2.24) is 4.90 Å². The van der Waals surface area contributed by atoms with E-state index >= 15 is 0 Å². The number of hydrogen-bond acceptors (Lipinski definition) is 4. The zero-order valence-corrected chi connectivity index (χ0v) is 12.2. The lowest BCUT2D eigenvalue weighted by Gasteiger charge is -2.70. The summed E-state index contributed by atoms with van der Waals surface area (Å²) < 4.78 is 0. The molecule has 6 atom stereocenters. The molecule has 0 aromatic rings. The van der Waals surface area contributed by atoms with Gasteiger partial charge in [-0.15, -0.1) is 0 Å². The first-order chi connectivity index (χ1) is 9.51. The molecule has 0 aromatic heterocycles. The van der Waals surface area contributed by atoms with E-state index in [0.717, 1.165) is 38.8 Å². The topological polar surface area (TPSA) is 60.8 Å². The van der Waals surface area contributed by atoms with Crippen LogP contribution < -0.4 is 0 Å². The van der Waals surface area contributed by atoms with Gasteiger partial charge in [0.1, 0.15) is 11.4 Å². The molecule has 2 unspecified atom stereocenters. The SMILES string of the molecule is CC1C[C@@H](O)[C@@]2(O)CC(=O)[C@H]3CCCN4CCC[C@H]2C134. The molecule has 0 amide bonds. The molecule has 2 saturated carbocycles. The van der Waals surface area contributed by atoms with Crippen molar-refractivity contribution in [2.24, 2.45) is 17.8 Å². The smallest absolute Gasteiger partial charge is 0.140 e. The first-order valence-electron chi connectivity index (χ1n) is 8.19. The molecular formula is C16H25NO3. The number of ketones is 1. The Bertz CT molecular complexity index is 451. The minimum Gasteiger partial charge on any atom is -0.390 e. The Morgan fingerprint density at radius 3 is 2.70 bits per heavy atom. The Hall–Kier alpha value is -0.450. The summed E-state index contributed by atoms with van der Waals surface area (Å²) in [4.78, 5) is 15.2. The third kappa shape index (κ3) is 1.31. The lowest BCUT2D eigenvalue weighted by Crippen LogP contribution is -2.80. The van der Waals surface area contributed by atoms with Crippen molar-refractivity contribution in [3.05, 3.63) is 0 Å². The van der Waals surface area contributed by atoms with E-state index in [1.54, 1.807) is 0 Å². The van der Waals surface area contributed by atoms with Gasteiger partial charge in [-0.1, -0.05) is 6.92 Å². The maximum Gasteiger partial charge on any atom is 0.140 e. The normalized spacial score (nSPS) is 55.5. The molecule has 2 saturated heterocycles. The summed E-state index contributed by atoms with van der Waals surface area (Å²) in [6, 6.07) is 0. The van der Waals surface area contributed by atoms with Crippen LogP contribution in [0.4, 0.5) is 0 Å². The first kappa shape index (κ1) is 13.2. The van der Waals surface area contributed by atoms with Crippen LogP contribution >= 0.6 is 0 Å². The number of aliphatic hydroxyl groups is 2. The van der Waals surface area contributed by atoms with Gasteiger partial charge in [-0.3, -0.25) is 9.69 Å². The molecule has 4 rings (SSSR count). The number of rotatable bonds is 0. The van der Waals surface area contributed by atoms with Gasteiger partial charge >= 0.3 is 0 Å². The van der Waals surface area contributed by atoms with Crippen LogP contribution in [0.1, 0.15) is 45.4 Å². The van der Waals surface area contributed by atoms with Crippen molar-refractivity contribution in [1.29, 1.82) is 0 Å². The second-order valence-corrected chi connectivity index (χ2v) is 7.55. The van der Waals surface area contributed by atoms with Gasteiger partial charge in [-0.2, -0.15) is 0 Å². The van der Waals surface area contributed by atoms with E-state index in [1.807, 2.05) is 0 Å². The summed E-state index contributed by atoms with van der Waals surface area (Å²) in [6.45, 7) is 4.29. The van der Waals surface area contributed by atoms with E-state index in [2.05, 4.69) is 11.8 Å². The molecule has 0 radical (unpaired) electrons. The van der Waals surface area contributed by atoms with Crippen molar-refractivity contribution in [3.63, 3.8) is 0 Å². The molecule has 2 aliphatic heterocycles. The monoisotopic (exact) mass is 279 g/mol.